The molecule has 1 rings (SSSR count). The molecule has 1 aliphatic rings. The van der Waals surface area contributed by atoms with Crippen molar-refractivity contribution in [3.05, 3.63) is 0 Å². The zero-order valence-corrected chi connectivity index (χ0v) is 8.47. The smallest absolute Gasteiger partial charge is 0.123 e. The lowest BCUT2D eigenvalue weighted by molar-refractivity contribution is -0.117. The van der Waals surface area contributed by atoms with E-state index >= 15 is 0 Å². The number of carbonyl (C=O) groups is 1. The fourth-order valence-corrected chi connectivity index (χ4v) is 2.33. The van der Waals surface area contributed by atoms with Gasteiger partial charge in [-0.05, 0) is 24.2 Å². The molecule has 1 nitrogen and oxygen atoms in total. The van der Waals surface area contributed by atoms with Crippen molar-refractivity contribution in [3.8, 4) is 0 Å². The van der Waals surface area contributed by atoms with Gasteiger partial charge in [0.15, 0.2) is 0 Å². The fourth-order valence-electron chi connectivity index (χ4n) is 2.33. The number of aldehydes is 1. The van der Waals surface area contributed by atoms with E-state index in [0.717, 1.165) is 6.42 Å². The zero-order valence-electron chi connectivity index (χ0n) is 8.47. The Kier molecular flexibility index (Phi) is 2.92. The third-order valence-electron chi connectivity index (χ3n) is 3.81. The normalized spacial score (nSPS) is 36.8. The number of carbonyl (C=O) groups excluding carboxylic acids is 1. The Morgan fingerprint density at radius 1 is 1.42 bits per heavy atom. The van der Waals surface area contributed by atoms with Gasteiger partial charge in [0, 0.05) is 5.92 Å². The van der Waals surface area contributed by atoms with Crippen LogP contribution in [-0.2, 0) is 4.79 Å². The molecule has 2 atom stereocenters. The molecule has 0 unspecified atom stereocenters. The van der Waals surface area contributed by atoms with Crippen LogP contribution in [0.1, 0.15) is 46.5 Å². The molecule has 0 N–H and O–H groups in total. The quantitative estimate of drug-likeness (QED) is 0.579. The SMILES string of the molecule is CC(C)[C@@]1(C)CCCC[C@@H]1C=O. The molecule has 0 heterocycles. The van der Waals surface area contributed by atoms with E-state index in [2.05, 4.69) is 20.8 Å². The predicted octanol–water partition coefficient (Wildman–Crippen LogP) is 3.04. The molecular formula is C11H20O. The molecule has 1 fully saturated rings. The molecule has 1 saturated carbocycles. The third kappa shape index (κ3) is 1.55. The van der Waals surface area contributed by atoms with Crippen LogP contribution in [0.2, 0.25) is 0 Å². The van der Waals surface area contributed by atoms with E-state index in [1.54, 1.807) is 0 Å². The number of hydrogen-bond donors (Lipinski definition) is 0. The van der Waals surface area contributed by atoms with Gasteiger partial charge in [0.2, 0.25) is 0 Å². The summed E-state index contributed by atoms with van der Waals surface area (Å²) in [5.74, 6) is 0.944. The molecule has 0 aromatic carbocycles. The first-order chi connectivity index (χ1) is 5.61. The van der Waals surface area contributed by atoms with Crippen molar-refractivity contribution in [1.29, 1.82) is 0 Å². The van der Waals surface area contributed by atoms with E-state index in [-0.39, 0.29) is 5.41 Å². The van der Waals surface area contributed by atoms with Crippen molar-refractivity contribution in [2.45, 2.75) is 46.5 Å². The Hall–Kier alpha value is -0.330. The van der Waals surface area contributed by atoms with Gasteiger partial charge < -0.3 is 4.79 Å². The summed E-state index contributed by atoms with van der Waals surface area (Å²) in [5.41, 5.74) is 0.278. The second kappa shape index (κ2) is 3.59. The molecule has 0 aromatic rings. The maximum Gasteiger partial charge on any atom is 0.123 e. The second-order valence-corrected chi connectivity index (χ2v) is 4.65. The maximum absolute atomic E-state index is 10.9. The summed E-state index contributed by atoms with van der Waals surface area (Å²) in [6, 6.07) is 0. The second-order valence-electron chi connectivity index (χ2n) is 4.65. The van der Waals surface area contributed by atoms with E-state index in [4.69, 9.17) is 0 Å². The topological polar surface area (TPSA) is 17.1 Å². The Labute approximate surface area is 75.5 Å². The van der Waals surface area contributed by atoms with E-state index in [0.29, 0.717) is 11.8 Å². The van der Waals surface area contributed by atoms with E-state index in [9.17, 15) is 4.79 Å². The summed E-state index contributed by atoms with van der Waals surface area (Å²) in [5, 5.41) is 0. The lowest BCUT2D eigenvalue weighted by atomic mass is 9.62. The van der Waals surface area contributed by atoms with Gasteiger partial charge in [0.25, 0.3) is 0 Å². The Morgan fingerprint density at radius 2 is 2.08 bits per heavy atom. The molecule has 0 bridgehead atoms. The first kappa shape index (κ1) is 9.76. The summed E-state index contributed by atoms with van der Waals surface area (Å²) < 4.78 is 0. The van der Waals surface area contributed by atoms with Crippen LogP contribution in [0.15, 0.2) is 0 Å². The summed E-state index contributed by atoms with van der Waals surface area (Å²) in [4.78, 5) is 10.9. The standard InChI is InChI=1S/C11H20O/c1-9(2)11(3)7-5-4-6-10(11)8-12/h8-10H,4-7H2,1-3H3/t10-,11-/m1/s1. The van der Waals surface area contributed by atoms with Gasteiger partial charge in [-0.2, -0.15) is 0 Å². The van der Waals surface area contributed by atoms with Crippen LogP contribution < -0.4 is 0 Å². The number of hydrogen-bond acceptors (Lipinski definition) is 1. The Balaban J connectivity index is 2.75. The zero-order chi connectivity index (χ0) is 9.19. The first-order valence-electron chi connectivity index (χ1n) is 5.06. The van der Waals surface area contributed by atoms with Gasteiger partial charge in [0.05, 0.1) is 0 Å². The van der Waals surface area contributed by atoms with Gasteiger partial charge in [-0.1, -0.05) is 33.6 Å². The van der Waals surface area contributed by atoms with Gasteiger partial charge in [-0.3, -0.25) is 0 Å². The maximum atomic E-state index is 10.9. The van der Waals surface area contributed by atoms with Gasteiger partial charge in [-0.15, -0.1) is 0 Å². The van der Waals surface area contributed by atoms with Gasteiger partial charge in [0.1, 0.15) is 6.29 Å². The van der Waals surface area contributed by atoms with Crippen LogP contribution in [0, 0.1) is 17.3 Å². The Bertz CT molecular complexity index is 162. The predicted molar refractivity (Wildman–Crippen MR) is 51.0 cm³/mol. The highest BCUT2D eigenvalue weighted by atomic mass is 16.1. The molecule has 0 spiro atoms. The molecule has 0 amide bonds. The van der Waals surface area contributed by atoms with Crippen LogP contribution in [0.25, 0.3) is 0 Å². The molecule has 0 saturated heterocycles. The van der Waals surface area contributed by atoms with Crippen molar-refractivity contribution >= 4 is 6.29 Å². The highest BCUT2D eigenvalue weighted by molar-refractivity contribution is 5.55. The minimum Gasteiger partial charge on any atom is -0.303 e. The van der Waals surface area contributed by atoms with E-state index in [1.807, 2.05) is 0 Å². The van der Waals surface area contributed by atoms with Gasteiger partial charge >= 0.3 is 0 Å². The van der Waals surface area contributed by atoms with E-state index in [1.165, 1.54) is 25.5 Å². The van der Waals surface area contributed by atoms with Crippen molar-refractivity contribution in [3.63, 3.8) is 0 Å². The molecular weight excluding hydrogens is 148 g/mol. The summed E-state index contributed by atoms with van der Waals surface area (Å²) in [6.07, 6.45) is 6.07. The van der Waals surface area contributed by atoms with Crippen LogP contribution in [0.4, 0.5) is 0 Å². The van der Waals surface area contributed by atoms with Crippen molar-refractivity contribution in [2.24, 2.45) is 17.3 Å². The van der Waals surface area contributed by atoms with E-state index < -0.39 is 0 Å². The molecule has 0 aromatic heterocycles. The molecule has 0 radical (unpaired) electrons. The average molecular weight is 168 g/mol. The fraction of sp³-hybridized carbons (Fsp3) is 0.909. The molecule has 0 aliphatic heterocycles. The molecule has 12 heavy (non-hydrogen) atoms. The van der Waals surface area contributed by atoms with Crippen LogP contribution in [0.3, 0.4) is 0 Å². The first-order valence-corrected chi connectivity index (χ1v) is 5.06. The summed E-state index contributed by atoms with van der Waals surface area (Å²) in [7, 11) is 0. The van der Waals surface area contributed by atoms with Crippen molar-refractivity contribution in [2.75, 3.05) is 0 Å². The van der Waals surface area contributed by atoms with Crippen LogP contribution in [-0.4, -0.2) is 6.29 Å². The summed E-state index contributed by atoms with van der Waals surface area (Å²) in [6.45, 7) is 6.75. The van der Waals surface area contributed by atoms with Gasteiger partial charge in [-0.25, -0.2) is 0 Å². The lowest BCUT2D eigenvalue weighted by Gasteiger charge is -2.42. The van der Waals surface area contributed by atoms with Crippen LogP contribution in [0.5, 0.6) is 0 Å². The third-order valence-corrected chi connectivity index (χ3v) is 3.81. The monoisotopic (exact) mass is 168 g/mol. The van der Waals surface area contributed by atoms with Crippen molar-refractivity contribution in [1.82, 2.24) is 0 Å². The minimum atomic E-state index is 0.278. The number of rotatable bonds is 2. The molecule has 1 aliphatic carbocycles. The Morgan fingerprint density at radius 3 is 2.50 bits per heavy atom. The highest BCUT2D eigenvalue weighted by Crippen LogP contribution is 2.45. The average Bonchev–Trinajstić information content (AvgIpc) is 2.05. The molecule has 70 valence electrons. The lowest BCUT2D eigenvalue weighted by Crippen LogP contribution is -2.36. The highest BCUT2D eigenvalue weighted by Gasteiger charge is 2.38. The largest absolute Gasteiger partial charge is 0.303 e. The summed E-state index contributed by atoms with van der Waals surface area (Å²) >= 11 is 0. The molecule has 1 heteroatoms. The van der Waals surface area contributed by atoms with Crippen molar-refractivity contribution < 1.29 is 4.79 Å². The minimum absolute atomic E-state index is 0.278. The van der Waals surface area contributed by atoms with Crippen LogP contribution >= 0.6 is 0 Å².